The van der Waals surface area contributed by atoms with Crippen molar-refractivity contribution in [3.8, 4) is 0 Å². The number of amides is 1. The van der Waals surface area contributed by atoms with Crippen LogP contribution in [0.4, 0.5) is 0 Å². The van der Waals surface area contributed by atoms with E-state index in [1.54, 1.807) is 18.0 Å². The molecule has 116 valence electrons. The minimum Gasteiger partial charge on any atom is -0.340 e. The zero-order valence-electron chi connectivity index (χ0n) is 12.4. The number of aromatic amines is 1. The van der Waals surface area contributed by atoms with Crippen molar-refractivity contribution in [2.24, 2.45) is 5.92 Å². The van der Waals surface area contributed by atoms with E-state index in [1.165, 1.54) is 5.41 Å². The van der Waals surface area contributed by atoms with Crippen molar-refractivity contribution >= 4 is 15.7 Å². The second-order valence-electron chi connectivity index (χ2n) is 5.51. The van der Waals surface area contributed by atoms with Gasteiger partial charge in [-0.05, 0) is 12.5 Å². The van der Waals surface area contributed by atoms with Crippen molar-refractivity contribution in [3.63, 3.8) is 0 Å². The highest BCUT2D eigenvalue weighted by molar-refractivity contribution is 7.94. The molecule has 7 heteroatoms. The van der Waals surface area contributed by atoms with Gasteiger partial charge in [-0.25, -0.2) is 8.42 Å². The summed E-state index contributed by atoms with van der Waals surface area (Å²) in [6.07, 6.45) is 3.78. The van der Waals surface area contributed by atoms with Gasteiger partial charge in [0, 0.05) is 24.8 Å². The first-order chi connectivity index (χ1) is 9.89. The molecule has 2 rings (SSSR count). The molecule has 0 radical (unpaired) electrons. The highest BCUT2D eigenvalue weighted by Crippen LogP contribution is 2.19. The lowest BCUT2D eigenvalue weighted by Crippen LogP contribution is -2.28. The van der Waals surface area contributed by atoms with Crippen LogP contribution in [-0.4, -0.2) is 42.2 Å². The lowest BCUT2D eigenvalue weighted by molar-refractivity contribution is -0.131. The number of hydrogen-bond acceptors (Lipinski definition) is 4. The maximum absolute atomic E-state index is 12.1. The second kappa shape index (κ2) is 6.43. The fourth-order valence-electron chi connectivity index (χ4n) is 2.37. The summed E-state index contributed by atoms with van der Waals surface area (Å²) in [6.45, 7) is 2.55. The molecule has 1 aliphatic rings. The molecule has 0 aromatic carbocycles. The number of carbonyl (C=O) groups excluding carboxylic acids is 1. The molecular formula is C14H21N3O3S. The summed E-state index contributed by atoms with van der Waals surface area (Å²) in [5, 5.41) is 8.32. The number of H-pyrrole nitrogens is 1. The van der Waals surface area contributed by atoms with Crippen LogP contribution < -0.4 is 0 Å². The van der Waals surface area contributed by atoms with Gasteiger partial charge in [0.1, 0.15) is 0 Å². The maximum atomic E-state index is 12.1. The highest BCUT2D eigenvalue weighted by atomic mass is 32.2. The van der Waals surface area contributed by atoms with Crippen LogP contribution in [0.2, 0.25) is 0 Å². The summed E-state index contributed by atoms with van der Waals surface area (Å²) in [6, 6.07) is 1.97. The number of aryl methyl sites for hydroxylation is 1. The maximum Gasteiger partial charge on any atom is 0.223 e. The first-order valence-electron chi connectivity index (χ1n) is 7.07. The number of nitrogens with zero attached hydrogens (tertiary/aromatic N) is 2. The number of sulfone groups is 1. The summed E-state index contributed by atoms with van der Waals surface area (Å²) < 4.78 is 22.6. The Labute approximate surface area is 125 Å². The molecule has 2 heterocycles. The topological polar surface area (TPSA) is 83.1 Å². The monoisotopic (exact) mass is 311 g/mol. The minimum absolute atomic E-state index is 0.0390. The number of rotatable bonds is 6. The van der Waals surface area contributed by atoms with E-state index in [0.29, 0.717) is 6.54 Å². The van der Waals surface area contributed by atoms with E-state index in [-0.39, 0.29) is 24.0 Å². The van der Waals surface area contributed by atoms with Crippen LogP contribution >= 0.6 is 0 Å². The molecule has 0 aliphatic carbocycles. The molecule has 0 saturated heterocycles. The van der Waals surface area contributed by atoms with Gasteiger partial charge in [-0.1, -0.05) is 19.4 Å². The Hall–Kier alpha value is -1.63. The van der Waals surface area contributed by atoms with E-state index < -0.39 is 9.84 Å². The van der Waals surface area contributed by atoms with Gasteiger partial charge in [0.2, 0.25) is 5.91 Å². The summed E-state index contributed by atoms with van der Waals surface area (Å²) >= 11 is 0. The Bertz CT molecular complexity index is 634. The highest BCUT2D eigenvalue weighted by Gasteiger charge is 2.25. The van der Waals surface area contributed by atoms with Gasteiger partial charge in [0.25, 0.3) is 0 Å². The van der Waals surface area contributed by atoms with Crippen molar-refractivity contribution in [1.82, 2.24) is 15.1 Å². The van der Waals surface area contributed by atoms with Crippen LogP contribution in [0, 0.1) is 5.92 Å². The average Bonchev–Trinajstić information content (AvgIpc) is 2.96. The van der Waals surface area contributed by atoms with Gasteiger partial charge in [-0.15, -0.1) is 0 Å². The molecule has 0 fully saturated rings. The standard InChI is InChI=1S/C14H21N3O3S/c1-3-4-12-8-13(16-15-12)9-17(2)14(18)7-11-5-6-21(19,20)10-11/h5-6,8,11H,3-4,7,9-10H2,1-2H3,(H,15,16)/t11-/m1/s1. The van der Waals surface area contributed by atoms with E-state index in [1.807, 2.05) is 6.07 Å². The fourth-order valence-corrected chi connectivity index (χ4v) is 3.76. The number of carbonyl (C=O) groups is 1. The van der Waals surface area contributed by atoms with Gasteiger partial charge < -0.3 is 4.90 Å². The first-order valence-corrected chi connectivity index (χ1v) is 8.79. The third-order valence-electron chi connectivity index (χ3n) is 3.46. The minimum atomic E-state index is -3.10. The molecule has 0 spiro atoms. The van der Waals surface area contributed by atoms with Crippen molar-refractivity contribution in [1.29, 1.82) is 0 Å². The van der Waals surface area contributed by atoms with Crippen molar-refractivity contribution in [2.45, 2.75) is 32.7 Å². The van der Waals surface area contributed by atoms with Crippen LogP contribution in [0.5, 0.6) is 0 Å². The molecule has 0 saturated carbocycles. The Morgan fingerprint density at radius 1 is 1.52 bits per heavy atom. The Kier molecular flexibility index (Phi) is 4.82. The molecule has 1 amide bonds. The van der Waals surface area contributed by atoms with Gasteiger partial charge in [0.15, 0.2) is 9.84 Å². The van der Waals surface area contributed by atoms with E-state index in [9.17, 15) is 13.2 Å². The molecule has 21 heavy (non-hydrogen) atoms. The number of aromatic nitrogens is 2. The Morgan fingerprint density at radius 2 is 2.29 bits per heavy atom. The van der Waals surface area contributed by atoms with Crippen molar-refractivity contribution in [2.75, 3.05) is 12.8 Å². The molecule has 1 N–H and O–H groups in total. The molecule has 1 aromatic heterocycles. The summed E-state index contributed by atoms with van der Waals surface area (Å²) in [7, 11) is -1.38. The molecule has 1 aromatic rings. The molecule has 6 nitrogen and oxygen atoms in total. The third-order valence-corrected chi connectivity index (χ3v) is 4.93. The quantitative estimate of drug-likeness (QED) is 0.857. The second-order valence-corrected chi connectivity index (χ2v) is 7.44. The number of allylic oxidation sites excluding steroid dienone is 1. The molecular weight excluding hydrogens is 290 g/mol. The van der Waals surface area contributed by atoms with Crippen LogP contribution in [0.3, 0.4) is 0 Å². The van der Waals surface area contributed by atoms with Crippen LogP contribution in [0.25, 0.3) is 0 Å². The summed E-state index contributed by atoms with van der Waals surface area (Å²) in [4.78, 5) is 13.7. The van der Waals surface area contributed by atoms with Crippen molar-refractivity contribution < 1.29 is 13.2 Å². The lowest BCUT2D eigenvalue weighted by Gasteiger charge is -2.17. The van der Waals surface area contributed by atoms with Crippen LogP contribution in [0.1, 0.15) is 31.2 Å². The Morgan fingerprint density at radius 3 is 2.90 bits per heavy atom. The van der Waals surface area contributed by atoms with Gasteiger partial charge in [0.05, 0.1) is 23.7 Å². The van der Waals surface area contributed by atoms with E-state index in [4.69, 9.17) is 0 Å². The molecule has 1 aliphatic heterocycles. The van der Waals surface area contributed by atoms with E-state index in [0.717, 1.165) is 24.2 Å². The first kappa shape index (κ1) is 15.8. The zero-order valence-corrected chi connectivity index (χ0v) is 13.2. The number of nitrogens with one attached hydrogen (secondary N) is 1. The van der Waals surface area contributed by atoms with Gasteiger partial charge in [-0.3, -0.25) is 9.89 Å². The smallest absolute Gasteiger partial charge is 0.223 e. The molecule has 1 atom stereocenters. The SMILES string of the molecule is CCCc1cc(CN(C)C(=O)C[C@H]2C=CS(=O)(=O)C2)[nH]n1. The fraction of sp³-hybridized carbons (Fsp3) is 0.571. The van der Waals surface area contributed by atoms with E-state index >= 15 is 0 Å². The van der Waals surface area contributed by atoms with Gasteiger partial charge in [-0.2, -0.15) is 5.10 Å². The summed E-state index contributed by atoms with van der Waals surface area (Å²) in [5.74, 6) is -0.229. The lowest BCUT2D eigenvalue weighted by atomic mass is 10.1. The Balaban J connectivity index is 1.86. The predicted molar refractivity (Wildman–Crippen MR) is 80.1 cm³/mol. The third kappa shape index (κ3) is 4.42. The van der Waals surface area contributed by atoms with Crippen molar-refractivity contribution in [3.05, 3.63) is 28.9 Å². The normalized spacial score (nSPS) is 19.8. The summed E-state index contributed by atoms with van der Waals surface area (Å²) in [5.41, 5.74) is 1.89. The van der Waals surface area contributed by atoms with Crippen LogP contribution in [-0.2, 0) is 27.6 Å². The largest absolute Gasteiger partial charge is 0.340 e. The average molecular weight is 311 g/mol. The number of hydrogen-bond donors (Lipinski definition) is 1. The molecule has 0 unspecified atom stereocenters. The van der Waals surface area contributed by atoms with E-state index in [2.05, 4.69) is 17.1 Å². The predicted octanol–water partition coefficient (Wildman–Crippen LogP) is 1.27. The van der Waals surface area contributed by atoms with Crippen LogP contribution in [0.15, 0.2) is 17.6 Å². The zero-order chi connectivity index (χ0) is 15.5. The molecule has 0 bridgehead atoms. The van der Waals surface area contributed by atoms with Gasteiger partial charge >= 0.3 is 0 Å².